The van der Waals surface area contributed by atoms with E-state index < -0.39 is 50.7 Å². The fourth-order valence-electron chi connectivity index (χ4n) is 6.05. The van der Waals surface area contributed by atoms with Crippen molar-refractivity contribution < 1.29 is 45.0 Å². The van der Waals surface area contributed by atoms with Crippen molar-refractivity contribution in [3.63, 3.8) is 0 Å². The first-order valence-corrected chi connectivity index (χ1v) is 19.3. The molecular weight excluding hydrogens is 859 g/mol. The summed E-state index contributed by atoms with van der Waals surface area (Å²) < 4.78 is 105. The van der Waals surface area contributed by atoms with E-state index in [0.29, 0.717) is 26.7 Å². The third-order valence-corrected chi connectivity index (χ3v) is 11.3. The van der Waals surface area contributed by atoms with Gasteiger partial charge in [0.25, 0.3) is 0 Å². The van der Waals surface area contributed by atoms with Crippen LogP contribution in [0.25, 0.3) is 22.3 Å². The Hall–Kier alpha value is -5.73. The number of nitrogens with zero attached hydrogens (tertiary/aromatic N) is 6. The lowest BCUT2D eigenvalue weighted by Crippen LogP contribution is -2.29. The van der Waals surface area contributed by atoms with E-state index in [1.165, 1.54) is 62.6 Å². The van der Waals surface area contributed by atoms with E-state index in [1.54, 1.807) is 48.5 Å². The molecule has 0 spiro atoms. The van der Waals surface area contributed by atoms with Gasteiger partial charge in [-0.05, 0) is 57.6 Å². The molecule has 60 heavy (non-hydrogen) atoms. The van der Waals surface area contributed by atoms with Crippen LogP contribution in [0.4, 0.5) is 26.3 Å². The highest BCUT2D eigenvalue weighted by Crippen LogP contribution is 2.40. The Balaban J connectivity index is 0.000000232. The molecule has 312 valence electrons. The van der Waals surface area contributed by atoms with Gasteiger partial charge in [0.2, 0.25) is 0 Å². The van der Waals surface area contributed by atoms with Gasteiger partial charge >= 0.3 is 22.6 Å². The number of nitriles is 2. The summed E-state index contributed by atoms with van der Waals surface area (Å²) in [5.74, 6) is 0. The van der Waals surface area contributed by atoms with Gasteiger partial charge in [-0.2, -0.15) is 63.9 Å². The molecule has 0 saturated carbocycles. The number of halogens is 8. The van der Waals surface area contributed by atoms with E-state index >= 15 is 0 Å². The number of aromatic nitrogens is 4. The molecule has 0 bridgehead atoms. The number of rotatable bonds is 10. The van der Waals surface area contributed by atoms with Gasteiger partial charge in [0.1, 0.15) is 16.9 Å². The van der Waals surface area contributed by atoms with Crippen molar-refractivity contribution in [3.8, 4) is 34.4 Å². The maximum atomic E-state index is 13.6. The largest absolute Gasteiger partial charge is 0.435 e. The Morgan fingerprint density at radius 3 is 1.42 bits per heavy atom. The first kappa shape index (κ1) is 45.4. The zero-order valence-electron chi connectivity index (χ0n) is 31.1. The lowest BCUT2D eigenvalue weighted by Gasteiger charge is -2.27. The number of H-pyrrole nitrogens is 1. The number of hydrogen-bond donors (Lipinski definition) is 3. The van der Waals surface area contributed by atoms with Crippen LogP contribution in [0.15, 0.2) is 109 Å². The van der Waals surface area contributed by atoms with Gasteiger partial charge in [0, 0.05) is 35.3 Å². The number of aromatic amines is 1. The standard InChI is InChI=1S/C21H18ClF3N4O3S.C19H13ClF3N3O/c1-28(2)33(31,32)29-13-18(19(27-29)21(23,24)25)14-3-5-15(6-4-14)20(30,11-12-26)16-7-9-17(22)10-8-16;20-15-7-5-14(6-8-15)18(27,9-10-24)13-3-1-12(2-4-13)16-11-25-26-17(16)19(21,22)23/h3-10,13,30H,11H2,1-2H3;1-8,11,27H,9H2,(H,25,26). The van der Waals surface area contributed by atoms with Crippen LogP contribution in [0.5, 0.6) is 0 Å². The summed E-state index contributed by atoms with van der Waals surface area (Å²) in [6.07, 6.45) is -8.14. The van der Waals surface area contributed by atoms with E-state index in [0.717, 1.165) is 16.7 Å². The number of aliphatic hydroxyl groups is 2. The molecule has 3 N–H and O–H groups in total. The predicted molar refractivity (Wildman–Crippen MR) is 209 cm³/mol. The molecule has 11 nitrogen and oxygen atoms in total. The van der Waals surface area contributed by atoms with Crippen molar-refractivity contribution in [1.82, 2.24) is 23.7 Å². The zero-order valence-corrected chi connectivity index (χ0v) is 33.5. The number of benzene rings is 4. The number of hydrogen-bond acceptors (Lipinski definition) is 8. The maximum Gasteiger partial charge on any atom is 0.435 e. The Labute approximate surface area is 349 Å². The average Bonchev–Trinajstić information content (AvgIpc) is 3.89. The average molecular weight is 891 g/mol. The van der Waals surface area contributed by atoms with Gasteiger partial charge in [0.15, 0.2) is 5.69 Å². The summed E-state index contributed by atoms with van der Waals surface area (Å²) >= 11 is 11.8. The molecule has 0 radical (unpaired) electrons. The Morgan fingerprint density at radius 2 is 1.07 bits per heavy atom. The molecule has 2 atom stereocenters. The molecule has 20 heteroatoms. The molecule has 0 aliphatic carbocycles. The Kier molecular flexibility index (Phi) is 13.2. The fraction of sp³-hybridized carbons (Fsp3) is 0.200. The van der Waals surface area contributed by atoms with Crippen molar-refractivity contribution in [1.29, 1.82) is 10.5 Å². The smallest absolute Gasteiger partial charge is 0.379 e. The molecule has 0 aliphatic rings. The van der Waals surface area contributed by atoms with Crippen molar-refractivity contribution in [2.24, 2.45) is 0 Å². The van der Waals surface area contributed by atoms with E-state index in [1.807, 2.05) is 17.2 Å². The molecule has 4 aromatic carbocycles. The van der Waals surface area contributed by atoms with Gasteiger partial charge in [-0.1, -0.05) is 96.0 Å². The highest BCUT2D eigenvalue weighted by molar-refractivity contribution is 7.87. The Bertz CT molecular complexity index is 2640. The second-order valence-corrected chi connectivity index (χ2v) is 16.1. The topological polar surface area (TPSA) is 172 Å². The van der Waals surface area contributed by atoms with Crippen molar-refractivity contribution in [2.45, 2.75) is 36.4 Å². The monoisotopic (exact) mass is 889 g/mol. The van der Waals surface area contributed by atoms with Crippen LogP contribution >= 0.6 is 23.2 Å². The van der Waals surface area contributed by atoms with Crippen LogP contribution < -0.4 is 0 Å². The van der Waals surface area contributed by atoms with Crippen LogP contribution in [0.3, 0.4) is 0 Å². The van der Waals surface area contributed by atoms with E-state index in [4.69, 9.17) is 28.5 Å². The third-order valence-electron chi connectivity index (χ3n) is 9.24. The lowest BCUT2D eigenvalue weighted by molar-refractivity contribution is -0.141. The van der Waals surface area contributed by atoms with Gasteiger partial charge in [-0.25, -0.2) is 0 Å². The van der Waals surface area contributed by atoms with E-state index in [9.17, 15) is 50.2 Å². The van der Waals surface area contributed by atoms with Crippen molar-refractivity contribution in [2.75, 3.05) is 14.1 Å². The molecule has 6 rings (SSSR count). The molecule has 2 aromatic heterocycles. The zero-order chi connectivity index (χ0) is 44.3. The normalized spacial score (nSPS) is 14.0. The third kappa shape index (κ3) is 9.50. The highest BCUT2D eigenvalue weighted by Gasteiger charge is 2.40. The molecule has 6 aromatic rings. The van der Waals surface area contributed by atoms with Crippen molar-refractivity contribution in [3.05, 3.63) is 153 Å². The number of nitrogens with one attached hydrogen (secondary N) is 1. The summed E-state index contributed by atoms with van der Waals surface area (Å²) in [6, 6.07) is 27.7. The summed E-state index contributed by atoms with van der Waals surface area (Å²) in [5.41, 5.74) is -4.40. The summed E-state index contributed by atoms with van der Waals surface area (Å²) in [5, 5.41) is 50.3. The van der Waals surface area contributed by atoms with E-state index in [-0.39, 0.29) is 39.2 Å². The molecule has 0 saturated heterocycles. The SMILES string of the molecule is CN(C)S(=O)(=O)n1cc(-c2ccc(C(O)(CC#N)c3ccc(Cl)cc3)cc2)c(C(F)(F)F)n1.N#CCC(O)(c1ccc(Cl)cc1)c1ccc(-c2cn[nH]c2C(F)(F)F)cc1. The summed E-state index contributed by atoms with van der Waals surface area (Å²) in [7, 11) is -1.93. The van der Waals surface area contributed by atoms with Gasteiger partial charge in [0.05, 0.1) is 37.4 Å². The molecule has 0 aliphatic heterocycles. The lowest BCUT2D eigenvalue weighted by atomic mass is 9.83. The minimum Gasteiger partial charge on any atom is -0.379 e. The molecule has 2 heterocycles. The molecule has 0 amide bonds. The maximum absolute atomic E-state index is 13.6. The first-order chi connectivity index (χ1) is 28.1. The fourth-order valence-corrected chi connectivity index (χ4v) is 7.06. The second-order valence-electron chi connectivity index (χ2n) is 13.3. The minimum absolute atomic E-state index is 0.0293. The van der Waals surface area contributed by atoms with Crippen molar-refractivity contribution >= 4 is 33.4 Å². The Morgan fingerprint density at radius 1 is 0.683 bits per heavy atom. The van der Waals surface area contributed by atoms with Gasteiger partial charge in [-0.3, -0.25) is 5.10 Å². The quantitative estimate of drug-likeness (QED) is 0.114. The highest BCUT2D eigenvalue weighted by atomic mass is 35.5. The second kappa shape index (κ2) is 17.5. The van der Waals surface area contributed by atoms with Gasteiger partial charge < -0.3 is 10.2 Å². The van der Waals surface area contributed by atoms with E-state index in [2.05, 4.69) is 10.2 Å². The van der Waals surface area contributed by atoms with Crippen LogP contribution in [0.2, 0.25) is 10.0 Å². The number of alkyl halides is 6. The first-order valence-electron chi connectivity index (χ1n) is 17.2. The van der Waals surface area contributed by atoms with Crippen LogP contribution in [0.1, 0.15) is 46.5 Å². The van der Waals surface area contributed by atoms with Crippen LogP contribution in [0, 0.1) is 22.7 Å². The summed E-state index contributed by atoms with van der Waals surface area (Å²) in [4.78, 5) is 0. The van der Waals surface area contributed by atoms with Crippen LogP contribution in [-0.4, -0.2) is 56.4 Å². The predicted octanol–water partition coefficient (Wildman–Crippen LogP) is 8.92. The minimum atomic E-state index is -4.91. The molecule has 0 fully saturated rings. The van der Waals surface area contributed by atoms with Gasteiger partial charge in [-0.15, -0.1) is 0 Å². The molecule has 2 unspecified atom stereocenters. The molecular formula is C40H31Cl2F6N7O4S. The summed E-state index contributed by atoms with van der Waals surface area (Å²) in [6.45, 7) is 0. The van der Waals surface area contributed by atoms with Crippen LogP contribution in [-0.2, 0) is 33.8 Å².